The lowest BCUT2D eigenvalue weighted by atomic mass is 9.52. The van der Waals surface area contributed by atoms with Crippen LogP contribution in [0, 0.1) is 5.41 Å². The normalized spacial score (nSPS) is 23.5. The van der Waals surface area contributed by atoms with E-state index in [9.17, 15) is 0 Å². The quantitative estimate of drug-likeness (QED) is 0.283. The van der Waals surface area contributed by atoms with Crippen molar-refractivity contribution < 1.29 is 4.74 Å². The van der Waals surface area contributed by atoms with Crippen LogP contribution in [-0.2, 0) is 25.5 Å². The molecule has 186 valence electrons. The van der Waals surface area contributed by atoms with Crippen molar-refractivity contribution in [3.8, 4) is 17.1 Å². The number of hydrogen-bond acceptors (Lipinski definition) is 3. The smallest absolute Gasteiger partial charge is 0.163 e. The molecule has 2 bridgehead atoms. The Balaban J connectivity index is 1.33. The molecule has 3 aromatic rings. The minimum atomic E-state index is 0.220. The highest BCUT2D eigenvalue weighted by molar-refractivity contribution is 5.62. The van der Waals surface area contributed by atoms with Crippen LogP contribution in [0.5, 0.6) is 5.75 Å². The Morgan fingerprint density at radius 1 is 0.886 bits per heavy atom. The first-order chi connectivity index (χ1) is 17.1. The Morgan fingerprint density at radius 2 is 1.63 bits per heavy atom. The molecule has 0 spiro atoms. The van der Waals surface area contributed by atoms with Crippen LogP contribution < -0.4 is 4.74 Å². The number of aromatic nitrogens is 3. The van der Waals surface area contributed by atoms with E-state index in [-0.39, 0.29) is 5.41 Å². The molecule has 1 heterocycles. The lowest BCUT2D eigenvalue weighted by Crippen LogP contribution is -2.45. The van der Waals surface area contributed by atoms with Gasteiger partial charge < -0.3 is 9.30 Å². The van der Waals surface area contributed by atoms with Gasteiger partial charge in [-0.05, 0) is 86.1 Å². The molecule has 0 N–H and O–H groups in total. The van der Waals surface area contributed by atoms with Crippen molar-refractivity contribution in [1.82, 2.24) is 14.8 Å². The highest BCUT2D eigenvalue weighted by Crippen LogP contribution is 2.59. The Labute approximate surface area is 211 Å². The third-order valence-electron chi connectivity index (χ3n) is 9.01. The summed E-state index contributed by atoms with van der Waals surface area (Å²) in [5, 5.41) is 9.59. The van der Waals surface area contributed by atoms with E-state index >= 15 is 0 Å². The first kappa shape index (κ1) is 24.1. The molecule has 0 atom stereocenters. The zero-order chi connectivity index (χ0) is 24.3. The van der Waals surface area contributed by atoms with Crippen LogP contribution >= 0.6 is 0 Å². The summed E-state index contributed by atoms with van der Waals surface area (Å²) in [5.41, 5.74) is 4.46. The molecule has 0 saturated heterocycles. The van der Waals surface area contributed by atoms with E-state index in [1.165, 1.54) is 86.7 Å². The van der Waals surface area contributed by atoms with E-state index in [4.69, 9.17) is 14.9 Å². The fourth-order valence-electron chi connectivity index (χ4n) is 6.66. The van der Waals surface area contributed by atoms with Crippen molar-refractivity contribution in [3.05, 3.63) is 65.5 Å². The average molecular weight is 472 g/mol. The molecule has 3 saturated carbocycles. The van der Waals surface area contributed by atoms with Gasteiger partial charge in [-0.2, -0.15) is 0 Å². The molecule has 1 aromatic heterocycles. The van der Waals surface area contributed by atoms with Crippen LogP contribution in [-0.4, -0.2) is 14.8 Å². The van der Waals surface area contributed by atoms with Gasteiger partial charge in [0.15, 0.2) is 5.82 Å². The molecule has 3 fully saturated rings. The molecule has 4 nitrogen and oxygen atoms in total. The van der Waals surface area contributed by atoms with Gasteiger partial charge in [0.2, 0.25) is 0 Å². The van der Waals surface area contributed by atoms with Gasteiger partial charge in [-0.3, -0.25) is 0 Å². The number of ether oxygens (including phenoxy) is 1. The molecule has 35 heavy (non-hydrogen) atoms. The molecule has 0 amide bonds. The summed E-state index contributed by atoms with van der Waals surface area (Å²) < 4.78 is 8.40. The molecule has 3 aliphatic carbocycles. The van der Waals surface area contributed by atoms with E-state index in [2.05, 4.69) is 67.9 Å². The zero-order valence-electron chi connectivity index (χ0n) is 21.9. The molecule has 0 radical (unpaired) electrons. The Morgan fingerprint density at radius 3 is 2.31 bits per heavy atom. The average Bonchev–Trinajstić information content (AvgIpc) is 3.31. The van der Waals surface area contributed by atoms with Gasteiger partial charge in [0.05, 0.1) is 0 Å². The molecule has 2 aromatic carbocycles. The molecular formula is C31H41N3O. The molecule has 3 aliphatic rings. The van der Waals surface area contributed by atoms with Crippen LogP contribution in [0.25, 0.3) is 11.4 Å². The van der Waals surface area contributed by atoms with Gasteiger partial charge in [0.25, 0.3) is 0 Å². The summed E-state index contributed by atoms with van der Waals surface area (Å²) in [7, 11) is 2.18. The van der Waals surface area contributed by atoms with Crippen LogP contribution in [0.2, 0.25) is 0 Å². The van der Waals surface area contributed by atoms with Crippen LogP contribution in [0.4, 0.5) is 0 Å². The summed E-state index contributed by atoms with van der Waals surface area (Å²) >= 11 is 0. The monoisotopic (exact) mass is 471 g/mol. The number of hydrogen-bond donors (Lipinski definition) is 0. The molecular weight excluding hydrogens is 430 g/mol. The summed E-state index contributed by atoms with van der Waals surface area (Å²) in [5.74, 6) is 3.11. The predicted molar refractivity (Wildman–Crippen MR) is 143 cm³/mol. The summed E-state index contributed by atoms with van der Waals surface area (Å²) in [6.45, 7) is 5.10. The highest BCUT2D eigenvalue weighted by atomic mass is 16.5. The minimum absolute atomic E-state index is 0.220. The zero-order valence-corrected chi connectivity index (χ0v) is 21.9. The van der Waals surface area contributed by atoms with Crippen molar-refractivity contribution in [2.45, 2.75) is 96.5 Å². The third kappa shape index (κ3) is 4.77. The van der Waals surface area contributed by atoms with Gasteiger partial charge >= 0.3 is 0 Å². The second-order valence-corrected chi connectivity index (χ2v) is 11.1. The Hall–Kier alpha value is -2.62. The van der Waals surface area contributed by atoms with E-state index in [0.29, 0.717) is 12.0 Å². The highest BCUT2D eigenvalue weighted by Gasteiger charge is 2.51. The maximum Gasteiger partial charge on any atom is 0.163 e. The van der Waals surface area contributed by atoms with Gasteiger partial charge in [-0.25, -0.2) is 0 Å². The second kappa shape index (κ2) is 10.2. The van der Waals surface area contributed by atoms with E-state index in [0.717, 1.165) is 18.0 Å². The second-order valence-electron chi connectivity index (χ2n) is 11.1. The minimum Gasteiger partial charge on any atom is -0.489 e. The Bertz CT molecular complexity index is 1110. The summed E-state index contributed by atoms with van der Waals surface area (Å²) in [6.07, 6.45) is 14.4. The lowest BCUT2D eigenvalue weighted by molar-refractivity contribution is 0.0250. The number of benzene rings is 2. The van der Waals surface area contributed by atoms with Gasteiger partial charge in [-0.1, -0.05) is 63.4 Å². The maximum atomic E-state index is 6.10. The van der Waals surface area contributed by atoms with E-state index < -0.39 is 0 Å². The van der Waals surface area contributed by atoms with Crippen molar-refractivity contribution in [3.63, 3.8) is 0 Å². The van der Waals surface area contributed by atoms with Crippen LogP contribution in [0.3, 0.4) is 0 Å². The van der Waals surface area contributed by atoms with Gasteiger partial charge in [0.1, 0.15) is 18.2 Å². The molecule has 6 rings (SSSR count). The summed E-state index contributed by atoms with van der Waals surface area (Å²) in [4.78, 5) is 0. The standard InChI is InChI=1S/C31H41N3O/c1-4-6-10-15-30-16-19-31(20-17-30,21-18-30)29-33-32-28(34(29)3)27-14-13-26(22-25(27)5-2)35-23-24-11-8-7-9-12-24/h7-9,11-14,22H,4-6,10,15-21,23H2,1-3H3. The number of nitrogens with zero attached hydrogens (tertiary/aromatic N) is 3. The fraction of sp³-hybridized carbons (Fsp3) is 0.548. The van der Waals surface area contributed by atoms with Crippen LogP contribution in [0.1, 0.15) is 95.0 Å². The SMILES string of the molecule is CCCCCC12CCC(c3nnc(-c4ccc(OCc5ccccc5)cc4CC)n3C)(CC1)CC2. The van der Waals surface area contributed by atoms with Crippen molar-refractivity contribution in [2.24, 2.45) is 12.5 Å². The molecule has 0 unspecified atom stereocenters. The number of unbranched alkanes of at least 4 members (excludes halogenated alkanes) is 2. The van der Waals surface area contributed by atoms with E-state index in [1.807, 2.05) is 6.07 Å². The topological polar surface area (TPSA) is 39.9 Å². The van der Waals surface area contributed by atoms with Gasteiger partial charge in [0, 0.05) is 18.0 Å². The number of aryl methyl sites for hydroxylation is 1. The third-order valence-corrected chi connectivity index (χ3v) is 9.01. The van der Waals surface area contributed by atoms with Crippen molar-refractivity contribution in [2.75, 3.05) is 0 Å². The number of rotatable bonds is 10. The van der Waals surface area contributed by atoms with Crippen molar-refractivity contribution in [1.29, 1.82) is 0 Å². The fourth-order valence-corrected chi connectivity index (χ4v) is 6.66. The number of fused-ring (bicyclic) bond motifs is 3. The predicted octanol–water partition coefficient (Wildman–Crippen LogP) is 7.80. The Kier molecular flexibility index (Phi) is 7.00. The largest absolute Gasteiger partial charge is 0.489 e. The van der Waals surface area contributed by atoms with Gasteiger partial charge in [-0.15, -0.1) is 10.2 Å². The van der Waals surface area contributed by atoms with E-state index in [1.54, 1.807) is 0 Å². The first-order valence-corrected chi connectivity index (χ1v) is 13.8. The van der Waals surface area contributed by atoms with Crippen molar-refractivity contribution >= 4 is 0 Å². The summed E-state index contributed by atoms with van der Waals surface area (Å²) in [6, 6.07) is 16.8. The lowest BCUT2D eigenvalue weighted by Gasteiger charge is -2.53. The first-order valence-electron chi connectivity index (χ1n) is 13.8. The molecule has 4 heteroatoms. The maximum absolute atomic E-state index is 6.10. The molecule has 0 aliphatic heterocycles. The van der Waals surface area contributed by atoms with Crippen LogP contribution in [0.15, 0.2) is 48.5 Å².